The molecule has 1 aromatic carbocycles. The highest BCUT2D eigenvalue weighted by Crippen LogP contribution is 2.14. The lowest BCUT2D eigenvalue weighted by Crippen LogP contribution is -2.00. The minimum Gasteiger partial charge on any atom is -0.384 e. The van der Waals surface area contributed by atoms with Gasteiger partial charge in [0.2, 0.25) is 0 Å². The van der Waals surface area contributed by atoms with E-state index in [1.807, 2.05) is 43.3 Å². The van der Waals surface area contributed by atoms with Crippen molar-refractivity contribution in [1.29, 1.82) is 0 Å². The maximum absolute atomic E-state index is 5.64. The first-order chi connectivity index (χ1) is 8.15. The lowest BCUT2D eigenvalue weighted by atomic mass is 10.2. The van der Waals surface area contributed by atoms with Gasteiger partial charge >= 0.3 is 0 Å². The first-order valence-corrected chi connectivity index (χ1v) is 5.50. The molecule has 2 N–H and O–H groups in total. The first-order valence-electron chi connectivity index (χ1n) is 5.50. The normalized spacial score (nSPS) is 11.5. The molecule has 3 heteroatoms. The largest absolute Gasteiger partial charge is 0.384 e. The van der Waals surface area contributed by atoms with E-state index in [0.717, 1.165) is 17.1 Å². The molecule has 0 saturated heterocycles. The Hall–Kier alpha value is -2.16. The fraction of sp³-hybridized carbons (Fsp3) is 0.143. The number of nitrogens with zero attached hydrogens (tertiary/aromatic N) is 2. The number of nitrogen functional groups attached to an aromatic ring is 1. The summed E-state index contributed by atoms with van der Waals surface area (Å²) in [5.41, 5.74) is 9.47. The monoisotopic (exact) mass is 225 g/mol. The molecule has 0 radical (unpaired) electrons. The maximum Gasteiger partial charge on any atom is 0.124 e. The first kappa shape index (κ1) is 11.3. The molecule has 0 amide bonds. The fourth-order valence-corrected chi connectivity index (χ4v) is 1.52. The fourth-order valence-electron chi connectivity index (χ4n) is 1.52. The van der Waals surface area contributed by atoms with Crippen molar-refractivity contribution in [2.45, 2.75) is 13.8 Å². The minimum atomic E-state index is 0.515. The SMILES string of the molecule is CC(=Nc1ccc(C)cc1)c1cccc(N)n1. The van der Waals surface area contributed by atoms with Crippen molar-refractivity contribution < 1.29 is 0 Å². The summed E-state index contributed by atoms with van der Waals surface area (Å²) in [4.78, 5) is 8.74. The van der Waals surface area contributed by atoms with Gasteiger partial charge in [-0.15, -0.1) is 0 Å². The van der Waals surface area contributed by atoms with Gasteiger partial charge in [0, 0.05) is 0 Å². The van der Waals surface area contributed by atoms with Crippen molar-refractivity contribution in [2.75, 3.05) is 5.73 Å². The topological polar surface area (TPSA) is 51.3 Å². The van der Waals surface area contributed by atoms with Crippen molar-refractivity contribution in [2.24, 2.45) is 4.99 Å². The Kier molecular flexibility index (Phi) is 3.19. The Morgan fingerprint density at radius 2 is 1.82 bits per heavy atom. The van der Waals surface area contributed by atoms with Crippen LogP contribution in [0.3, 0.4) is 0 Å². The summed E-state index contributed by atoms with van der Waals surface area (Å²) < 4.78 is 0. The Morgan fingerprint density at radius 1 is 1.12 bits per heavy atom. The van der Waals surface area contributed by atoms with Gasteiger partial charge in [0.25, 0.3) is 0 Å². The molecule has 1 aromatic heterocycles. The number of hydrogen-bond donors (Lipinski definition) is 1. The Labute approximate surface area is 101 Å². The predicted molar refractivity (Wildman–Crippen MR) is 71.7 cm³/mol. The van der Waals surface area contributed by atoms with Crippen LogP contribution in [0.15, 0.2) is 47.5 Å². The smallest absolute Gasteiger partial charge is 0.124 e. The van der Waals surface area contributed by atoms with Crippen LogP contribution in [-0.4, -0.2) is 10.7 Å². The van der Waals surface area contributed by atoms with E-state index in [9.17, 15) is 0 Å². The van der Waals surface area contributed by atoms with E-state index in [1.54, 1.807) is 6.07 Å². The highest BCUT2D eigenvalue weighted by Gasteiger charge is 1.99. The predicted octanol–water partition coefficient (Wildman–Crippen LogP) is 3.11. The van der Waals surface area contributed by atoms with Gasteiger partial charge in [-0.1, -0.05) is 23.8 Å². The zero-order chi connectivity index (χ0) is 12.3. The van der Waals surface area contributed by atoms with Gasteiger partial charge in [0.05, 0.1) is 17.1 Å². The molecular weight excluding hydrogens is 210 g/mol. The number of aliphatic imine (C=N–C) groups is 1. The molecule has 86 valence electrons. The van der Waals surface area contributed by atoms with Crippen LogP contribution in [-0.2, 0) is 0 Å². The van der Waals surface area contributed by atoms with E-state index in [-0.39, 0.29) is 0 Å². The van der Waals surface area contributed by atoms with Crippen LogP contribution in [0.25, 0.3) is 0 Å². The number of pyridine rings is 1. The Morgan fingerprint density at radius 3 is 2.47 bits per heavy atom. The third-order valence-electron chi connectivity index (χ3n) is 2.47. The van der Waals surface area contributed by atoms with Crippen LogP contribution in [0.4, 0.5) is 11.5 Å². The zero-order valence-electron chi connectivity index (χ0n) is 10.0. The molecule has 0 spiro atoms. The number of hydrogen-bond acceptors (Lipinski definition) is 3. The third kappa shape index (κ3) is 2.91. The molecule has 0 atom stereocenters. The van der Waals surface area contributed by atoms with Crippen LogP contribution in [0.1, 0.15) is 18.2 Å². The summed E-state index contributed by atoms with van der Waals surface area (Å²) in [6.07, 6.45) is 0. The van der Waals surface area contributed by atoms with Crippen molar-refractivity contribution >= 4 is 17.2 Å². The van der Waals surface area contributed by atoms with Crippen LogP contribution in [0.5, 0.6) is 0 Å². The molecule has 0 fully saturated rings. The number of aryl methyl sites for hydroxylation is 1. The molecule has 3 nitrogen and oxygen atoms in total. The molecule has 17 heavy (non-hydrogen) atoms. The molecule has 0 saturated carbocycles. The van der Waals surface area contributed by atoms with E-state index in [0.29, 0.717) is 5.82 Å². The summed E-state index contributed by atoms with van der Waals surface area (Å²) in [5.74, 6) is 0.515. The van der Waals surface area contributed by atoms with E-state index >= 15 is 0 Å². The van der Waals surface area contributed by atoms with Crippen LogP contribution in [0, 0.1) is 6.92 Å². The third-order valence-corrected chi connectivity index (χ3v) is 2.47. The number of benzene rings is 1. The van der Waals surface area contributed by atoms with Crippen molar-refractivity contribution in [3.8, 4) is 0 Å². The van der Waals surface area contributed by atoms with E-state index in [1.165, 1.54) is 5.56 Å². The highest BCUT2D eigenvalue weighted by molar-refractivity contribution is 5.98. The molecule has 1 heterocycles. The lowest BCUT2D eigenvalue weighted by molar-refractivity contribution is 1.28. The number of rotatable bonds is 2. The number of aromatic nitrogens is 1. The Bertz CT molecular complexity index is 542. The van der Waals surface area contributed by atoms with Crippen LogP contribution in [0.2, 0.25) is 0 Å². The molecule has 2 rings (SSSR count). The molecule has 0 aliphatic carbocycles. The van der Waals surface area contributed by atoms with Crippen molar-refractivity contribution in [3.05, 3.63) is 53.7 Å². The summed E-state index contributed by atoms with van der Waals surface area (Å²) in [7, 11) is 0. The quantitative estimate of drug-likeness (QED) is 0.798. The second-order valence-corrected chi connectivity index (χ2v) is 3.98. The molecule has 0 unspecified atom stereocenters. The average molecular weight is 225 g/mol. The summed E-state index contributed by atoms with van der Waals surface area (Å²) in [6.45, 7) is 3.99. The van der Waals surface area contributed by atoms with Gasteiger partial charge in [0.1, 0.15) is 5.82 Å². The zero-order valence-corrected chi connectivity index (χ0v) is 10.0. The molecular formula is C14H15N3. The van der Waals surface area contributed by atoms with Gasteiger partial charge in [-0.25, -0.2) is 4.98 Å². The van der Waals surface area contributed by atoms with E-state index < -0.39 is 0 Å². The second kappa shape index (κ2) is 4.78. The van der Waals surface area contributed by atoms with Crippen molar-refractivity contribution in [1.82, 2.24) is 4.98 Å². The number of nitrogens with two attached hydrogens (primary N) is 1. The molecule has 0 aliphatic heterocycles. The highest BCUT2D eigenvalue weighted by atomic mass is 14.9. The van der Waals surface area contributed by atoms with E-state index in [2.05, 4.69) is 16.9 Å². The summed E-state index contributed by atoms with van der Waals surface area (Å²) >= 11 is 0. The minimum absolute atomic E-state index is 0.515. The van der Waals surface area contributed by atoms with Gasteiger partial charge in [-0.3, -0.25) is 4.99 Å². The second-order valence-electron chi connectivity index (χ2n) is 3.98. The summed E-state index contributed by atoms with van der Waals surface area (Å²) in [6, 6.07) is 13.6. The van der Waals surface area contributed by atoms with Gasteiger partial charge in [-0.05, 0) is 38.1 Å². The van der Waals surface area contributed by atoms with Gasteiger partial charge < -0.3 is 5.73 Å². The number of anilines is 1. The maximum atomic E-state index is 5.64. The standard InChI is InChI=1S/C14H15N3/c1-10-6-8-12(9-7-10)16-11(2)13-4-3-5-14(15)17-13/h3-9H,1-2H3,(H2,15,17). The van der Waals surface area contributed by atoms with Gasteiger partial charge in [0.15, 0.2) is 0 Å². The van der Waals surface area contributed by atoms with Crippen molar-refractivity contribution in [3.63, 3.8) is 0 Å². The molecule has 2 aromatic rings. The van der Waals surface area contributed by atoms with E-state index in [4.69, 9.17) is 5.73 Å². The van der Waals surface area contributed by atoms with Crippen LogP contribution >= 0.6 is 0 Å². The summed E-state index contributed by atoms with van der Waals surface area (Å²) in [5, 5.41) is 0. The van der Waals surface area contributed by atoms with Gasteiger partial charge in [-0.2, -0.15) is 0 Å². The molecule has 0 aliphatic rings. The lowest BCUT2D eigenvalue weighted by Gasteiger charge is -2.01. The van der Waals surface area contributed by atoms with Crippen LogP contribution < -0.4 is 5.73 Å². The Balaban J connectivity index is 2.30. The average Bonchev–Trinajstić information content (AvgIpc) is 2.32. The molecule has 0 bridgehead atoms.